The first-order chi connectivity index (χ1) is 21.8. The van der Waals surface area contributed by atoms with Gasteiger partial charge in [-0.2, -0.15) is 0 Å². The third-order valence-corrected chi connectivity index (χ3v) is 10.3. The Morgan fingerprint density at radius 1 is 0.591 bits per heavy atom. The molecule has 0 radical (unpaired) electrons. The summed E-state index contributed by atoms with van der Waals surface area (Å²) in [4.78, 5) is 6.65. The van der Waals surface area contributed by atoms with E-state index >= 15 is 0 Å². The maximum Gasteiger partial charge on any atom is 0.145 e. The molecule has 0 spiro atoms. The fourth-order valence-corrected chi connectivity index (χ4v) is 8.37. The molecular formula is C41H28N2S. The van der Waals surface area contributed by atoms with E-state index in [-0.39, 0.29) is 0 Å². The monoisotopic (exact) mass is 580 g/mol. The fraction of sp³-hybridized carbons (Fsp3) is 0.0488. The van der Waals surface area contributed by atoms with E-state index in [2.05, 4.69) is 162 Å². The average molecular weight is 581 g/mol. The molecular weight excluding hydrogens is 553 g/mol. The summed E-state index contributed by atoms with van der Waals surface area (Å²) in [6.07, 6.45) is 9.08. The third-order valence-electron chi connectivity index (χ3n) is 8.92. The summed E-state index contributed by atoms with van der Waals surface area (Å²) in [5.74, 6) is 1.36. The molecule has 1 aliphatic heterocycles. The van der Waals surface area contributed by atoms with Gasteiger partial charge in [0.05, 0.1) is 11.0 Å². The summed E-state index contributed by atoms with van der Waals surface area (Å²) in [5, 5.41) is 2.94. The van der Waals surface area contributed by atoms with Crippen LogP contribution in [0, 0.1) is 0 Å². The Morgan fingerprint density at radius 3 is 2.23 bits per heavy atom. The van der Waals surface area contributed by atoms with Crippen LogP contribution < -0.4 is 0 Å². The highest BCUT2D eigenvalue weighted by Gasteiger charge is 2.33. The molecule has 7 aromatic rings. The molecule has 2 nitrogen and oxygen atoms in total. The van der Waals surface area contributed by atoms with E-state index in [4.69, 9.17) is 4.98 Å². The van der Waals surface area contributed by atoms with Crippen LogP contribution in [0.5, 0.6) is 0 Å². The second-order valence-corrected chi connectivity index (χ2v) is 12.7. The number of rotatable bonds is 4. The zero-order valence-corrected chi connectivity index (χ0v) is 24.8. The lowest BCUT2D eigenvalue weighted by Crippen LogP contribution is -2.06. The van der Waals surface area contributed by atoms with Gasteiger partial charge in [-0.15, -0.1) is 11.8 Å². The predicted molar refractivity (Wildman–Crippen MR) is 186 cm³/mol. The van der Waals surface area contributed by atoms with E-state index in [1.807, 2.05) is 11.8 Å². The molecule has 0 saturated carbocycles. The van der Waals surface area contributed by atoms with Crippen molar-refractivity contribution < 1.29 is 0 Å². The van der Waals surface area contributed by atoms with Gasteiger partial charge >= 0.3 is 0 Å². The Hall–Kier alpha value is -5.12. The third kappa shape index (κ3) is 4.08. The van der Waals surface area contributed by atoms with Gasteiger partial charge in [-0.3, -0.25) is 4.57 Å². The van der Waals surface area contributed by atoms with Crippen LogP contribution in [0.3, 0.4) is 0 Å². The van der Waals surface area contributed by atoms with Crippen molar-refractivity contribution in [2.45, 2.75) is 16.1 Å². The second-order valence-electron chi connectivity index (χ2n) is 11.5. The highest BCUT2D eigenvalue weighted by molar-refractivity contribution is 8.00. The van der Waals surface area contributed by atoms with Crippen molar-refractivity contribution in [2.24, 2.45) is 0 Å². The standard InChI is InChI=1S/C41H28N2S/c1-2-14-31(15-3-1)43-38-22-8-7-21-37(38)42-41(43)30-25-28(33-18-10-13-27-12-4-5-16-32(27)33)24-29(26-30)34-19-11-20-36-35-17-6-9-23-39(35)44-40(34)36/h1-26,35,39H. The number of hydrogen-bond donors (Lipinski definition) is 0. The molecule has 1 aromatic heterocycles. The Balaban J connectivity index is 1.33. The summed E-state index contributed by atoms with van der Waals surface area (Å²) in [6.45, 7) is 0. The van der Waals surface area contributed by atoms with E-state index in [0.29, 0.717) is 11.2 Å². The fourth-order valence-electron chi connectivity index (χ4n) is 6.90. The van der Waals surface area contributed by atoms with Crippen molar-refractivity contribution in [1.29, 1.82) is 0 Å². The normalized spacial score (nSPS) is 16.8. The SMILES string of the molecule is C1=CC2Sc3c(-c4cc(-c5cccc6ccccc56)cc(-c5nc6ccccc6n5-c5ccccc5)c4)cccc3C2C=C1. The van der Waals surface area contributed by atoms with Gasteiger partial charge in [0.2, 0.25) is 0 Å². The smallest absolute Gasteiger partial charge is 0.145 e. The number of fused-ring (bicyclic) bond motifs is 5. The van der Waals surface area contributed by atoms with Crippen LogP contribution >= 0.6 is 11.8 Å². The van der Waals surface area contributed by atoms with Gasteiger partial charge in [-0.1, -0.05) is 115 Å². The number of thioether (sulfide) groups is 1. The number of para-hydroxylation sites is 3. The zero-order chi connectivity index (χ0) is 29.0. The summed E-state index contributed by atoms with van der Waals surface area (Å²) in [5.41, 5.74) is 10.6. The van der Waals surface area contributed by atoms with Crippen LogP contribution in [-0.2, 0) is 0 Å². The molecule has 208 valence electrons. The molecule has 1 aliphatic carbocycles. The van der Waals surface area contributed by atoms with Gasteiger partial charge in [0.15, 0.2) is 0 Å². The summed E-state index contributed by atoms with van der Waals surface area (Å²) in [6, 6.07) is 48.2. The summed E-state index contributed by atoms with van der Waals surface area (Å²) >= 11 is 1.99. The lowest BCUT2D eigenvalue weighted by molar-refractivity contribution is 0.881. The van der Waals surface area contributed by atoms with Crippen LogP contribution in [0.4, 0.5) is 0 Å². The molecule has 3 heteroatoms. The molecule has 0 fully saturated rings. The number of benzene rings is 6. The van der Waals surface area contributed by atoms with Crippen molar-refractivity contribution in [3.63, 3.8) is 0 Å². The number of nitrogens with zero attached hydrogens (tertiary/aromatic N) is 2. The molecule has 2 aliphatic rings. The second kappa shape index (κ2) is 10.3. The van der Waals surface area contributed by atoms with Crippen molar-refractivity contribution in [2.75, 3.05) is 0 Å². The Labute approximate surface area is 261 Å². The van der Waals surface area contributed by atoms with Gasteiger partial charge < -0.3 is 0 Å². The first-order valence-corrected chi connectivity index (χ1v) is 16.0. The van der Waals surface area contributed by atoms with Crippen LogP contribution in [0.2, 0.25) is 0 Å². The van der Waals surface area contributed by atoms with Crippen LogP contribution in [0.15, 0.2) is 163 Å². The number of hydrogen-bond acceptors (Lipinski definition) is 2. The molecule has 2 heterocycles. The Kier molecular flexibility index (Phi) is 5.92. The van der Waals surface area contributed by atoms with Gasteiger partial charge in [0.25, 0.3) is 0 Å². The molecule has 6 aromatic carbocycles. The van der Waals surface area contributed by atoms with Gasteiger partial charge in [-0.25, -0.2) is 4.98 Å². The zero-order valence-electron chi connectivity index (χ0n) is 24.0. The largest absolute Gasteiger partial charge is 0.292 e. The highest BCUT2D eigenvalue weighted by atomic mass is 32.2. The molecule has 0 saturated heterocycles. The number of imidazole rings is 1. The van der Waals surface area contributed by atoms with E-state index in [9.17, 15) is 0 Å². The van der Waals surface area contributed by atoms with Gasteiger partial charge in [-0.05, 0) is 81.1 Å². The quantitative estimate of drug-likeness (QED) is 0.206. The topological polar surface area (TPSA) is 17.8 Å². The minimum atomic E-state index is 0.419. The predicted octanol–water partition coefficient (Wildman–Crippen LogP) is 10.9. The van der Waals surface area contributed by atoms with E-state index in [0.717, 1.165) is 28.1 Å². The average Bonchev–Trinajstić information content (AvgIpc) is 3.67. The minimum Gasteiger partial charge on any atom is -0.292 e. The highest BCUT2D eigenvalue weighted by Crippen LogP contribution is 2.52. The van der Waals surface area contributed by atoms with Crippen molar-refractivity contribution >= 4 is 33.6 Å². The van der Waals surface area contributed by atoms with Gasteiger partial charge in [0.1, 0.15) is 5.82 Å². The minimum absolute atomic E-state index is 0.419. The number of allylic oxidation sites excluding steroid dienone is 3. The Morgan fingerprint density at radius 2 is 1.30 bits per heavy atom. The van der Waals surface area contributed by atoms with Crippen molar-refractivity contribution in [3.05, 3.63) is 163 Å². The molecule has 0 N–H and O–H groups in total. The molecule has 2 atom stereocenters. The Bertz CT molecular complexity index is 2270. The maximum absolute atomic E-state index is 5.26. The lowest BCUT2D eigenvalue weighted by atomic mass is 9.89. The molecule has 0 amide bonds. The molecule has 9 rings (SSSR count). The van der Waals surface area contributed by atoms with E-state index in [1.165, 1.54) is 43.5 Å². The number of aromatic nitrogens is 2. The van der Waals surface area contributed by atoms with Gasteiger partial charge in [0, 0.05) is 27.3 Å². The summed E-state index contributed by atoms with van der Waals surface area (Å²) < 4.78 is 2.30. The van der Waals surface area contributed by atoms with Crippen molar-refractivity contribution in [3.8, 4) is 39.3 Å². The first-order valence-electron chi connectivity index (χ1n) is 15.1. The molecule has 44 heavy (non-hydrogen) atoms. The van der Waals surface area contributed by atoms with Crippen LogP contribution in [-0.4, -0.2) is 14.8 Å². The first kappa shape index (κ1) is 25.4. The molecule has 2 unspecified atom stereocenters. The van der Waals surface area contributed by atoms with Crippen LogP contribution in [0.1, 0.15) is 11.5 Å². The van der Waals surface area contributed by atoms with Crippen molar-refractivity contribution in [1.82, 2.24) is 9.55 Å². The van der Waals surface area contributed by atoms with E-state index < -0.39 is 0 Å². The van der Waals surface area contributed by atoms with Crippen LogP contribution in [0.25, 0.3) is 61.1 Å². The van der Waals surface area contributed by atoms with E-state index in [1.54, 1.807) is 0 Å². The maximum atomic E-state index is 5.26. The summed E-state index contributed by atoms with van der Waals surface area (Å²) in [7, 11) is 0. The molecule has 0 bridgehead atoms. The lowest BCUT2D eigenvalue weighted by Gasteiger charge is -2.16.